The third-order valence-corrected chi connectivity index (χ3v) is 4.86. The first kappa shape index (κ1) is 18.3. The fourth-order valence-electron chi connectivity index (χ4n) is 3.45. The van der Waals surface area contributed by atoms with Gasteiger partial charge in [0.15, 0.2) is 0 Å². The summed E-state index contributed by atoms with van der Waals surface area (Å²) in [5, 5.41) is 27.7. The van der Waals surface area contributed by atoms with Crippen molar-refractivity contribution in [2.24, 2.45) is 0 Å². The average molecular weight is 363 g/mol. The molecule has 140 valence electrons. The predicted octanol–water partition coefficient (Wildman–Crippen LogP) is -0.668. The Labute approximate surface area is 150 Å². The number of hydrogen-bond donors (Lipinski definition) is 3. The highest BCUT2D eigenvalue weighted by atomic mass is 16.4. The van der Waals surface area contributed by atoms with Gasteiger partial charge in [0.2, 0.25) is 5.91 Å². The van der Waals surface area contributed by atoms with Gasteiger partial charge in [0, 0.05) is 32.7 Å². The molecule has 0 spiro atoms. The summed E-state index contributed by atoms with van der Waals surface area (Å²) >= 11 is 0. The molecule has 2 aliphatic heterocycles. The van der Waals surface area contributed by atoms with E-state index in [0.29, 0.717) is 32.7 Å². The fourth-order valence-corrected chi connectivity index (χ4v) is 3.45. The van der Waals surface area contributed by atoms with E-state index in [4.69, 9.17) is 10.2 Å². The molecule has 2 aliphatic rings. The minimum atomic E-state index is -1.33. The molecular formula is C17H21N3O6. The number of imide groups is 1. The Kier molecular flexibility index (Phi) is 5.21. The van der Waals surface area contributed by atoms with E-state index in [1.807, 2.05) is 4.90 Å². The summed E-state index contributed by atoms with van der Waals surface area (Å²) in [6.07, 6.45) is 0.0438. The van der Waals surface area contributed by atoms with Crippen LogP contribution in [0.15, 0.2) is 18.2 Å². The summed E-state index contributed by atoms with van der Waals surface area (Å²) in [6, 6.07) is 3.09. The molecule has 3 N–H and O–H groups in total. The van der Waals surface area contributed by atoms with Gasteiger partial charge in [-0.1, -0.05) is 0 Å². The van der Waals surface area contributed by atoms with Gasteiger partial charge in [-0.2, -0.15) is 0 Å². The first-order valence-corrected chi connectivity index (χ1v) is 8.42. The highest BCUT2D eigenvalue weighted by molar-refractivity contribution is 6.22. The van der Waals surface area contributed by atoms with Crippen molar-refractivity contribution in [1.82, 2.24) is 9.80 Å². The number of piperazine rings is 1. The van der Waals surface area contributed by atoms with Crippen LogP contribution in [0.2, 0.25) is 0 Å². The van der Waals surface area contributed by atoms with Gasteiger partial charge >= 0.3 is 5.97 Å². The number of anilines is 1. The Morgan fingerprint density at radius 3 is 2.46 bits per heavy atom. The maximum atomic E-state index is 12.8. The molecule has 3 rings (SSSR count). The highest BCUT2D eigenvalue weighted by Crippen LogP contribution is 2.30. The molecule has 2 heterocycles. The van der Waals surface area contributed by atoms with E-state index in [-0.39, 0.29) is 36.1 Å². The van der Waals surface area contributed by atoms with Crippen LogP contribution in [-0.4, -0.2) is 88.3 Å². The molecule has 9 heteroatoms. The van der Waals surface area contributed by atoms with Crippen molar-refractivity contribution in [3.05, 3.63) is 23.8 Å². The molecule has 0 aromatic heterocycles. The monoisotopic (exact) mass is 363 g/mol. The topological polar surface area (TPSA) is 122 Å². The summed E-state index contributed by atoms with van der Waals surface area (Å²) in [7, 11) is 0. The number of β-amino-alcohol motifs (C(OH)–C–C–N with tert-alkyl or cyclic N) is 1. The molecule has 2 saturated heterocycles. The molecular weight excluding hydrogens is 342 g/mol. The minimum Gasteiger partial charge on any atom is -0.507 e. The van der Waals surface area contributed by atoms with Crippen LogP contribution < -0.4 is 4.90 Å². The number of carbonyl (C=O) groups is 3. The van der Waals surface area contributed by atoms with Gasteiger partial charge in [0.1, 0.15) is 11.3 Å². The van der Waals surface area contributed by atoms with E-state index >= 15 is 0 Å². The van der Waals surface area contributed by atoms with Crippen LogP contribution in [0.3, 0.4) is 0 Å². The summed E-state index contributed by atoms with van der Waals surface area (Å²) in [6.45, 7) is 3.33. The summed E-state index contributed by atoms with van der Waals surface area (Å²) in [5.74, 6) is -2.52. The first-order chi connectivity index (χ1) is 12.4. The molecule has 1 unspecified atom stereocenters. The van der Waals surface area contributed by atoms with Crippen molar-refractivity contribution < 1.29 is 29.7 Å². The fraction of sp³-hybridized carbons (Fsp3) is 0.471. The maximum Gasteiger partial charge on any atom is 0.339 e. The number of aliphatic hydroxyl groups is 1. The molecule has 1 atom stereocenters. The second-order valence-electron chi connectivity index (χ2n) is 6.40. The molecule has 0 radical (unpaired) electrons. The van der Waals surface area contributed by atoms with Crippen LogP contribution in [0.5, 0.6) is 5.75 Å². The molecule has 2 fully saturated rings. The molecule has 9 nitrogen and oxygen atoms in total. The zero-order chi connectivity index (χ0) is 18.8. The maximum absolute atomic E-state index is 12.8. The van der Waals surface area contributed by atoms with Crippen LogP contribution in [-0.2, 0) is 9.59 Å². The molecule has 1 aromatic rings. The summed E-state index contributed by atoms with van der Waals surface area (Å²) in [4.78, 5) is 41.4. The SMILES string of the molecule is O=C(O)c1cc(N2C(=O)CC(N3CCN(CCO)CC3)C2=O)ccc1O. The number of carboxylic acid groups (broad SMARTS) is 1. The Morgan fingerprint density at radius 2 is 1.85 bits per heavy atom. The average Bonchev–Trinajstić information content (AvgIpc) is 2.91. The van der Waals surface area contributed by atoms with Gasteiger partial charge in [-0.05, 0) is 18.2 Å². The van der Waals surface area contributed by atoms with E-state index in [1.165, 1.54) is 12.1 Å². The number of hydrogen-bond acceptors (Lipinski definition) is 7. The number of benzene rings is 1. The lowest BCUT2D eigenvalue weighted by atomic mass is 10.1. The largest absolute Gasteiger partial charge is 0.507 e. The van der Waals surface area contributed by atoms with Crippen molar-refractivity contribution in [1.29, 1.82) is 0 Å². The number of carboxylic acids is 1. The van der Waals surface area contributed by atoms with Crippen LogP contribution in [0.4, 0.5) is 5.69 Å². The lowest BCUT2D eigenvalue weighted by molar-refractivity contribution is -0.123. The van der Waals surface area contributed by atoms with Crippen molar-refractivity contribution in [2.45, 2.75) is 12.5 Å². The third-order valence-electron chi connectivity index (χ3n) is 4.86. The molecule has 0 bridgehead atoms. The van der Waals surface area contributed by atoms with E-state index < -0.39 is 17.8 Å². The number of aromatic hydroxyl groups is 1. The number of phenols is 1. The van der Waals surface area contributed by atoms with Crippen molar-refractivity contribution in [3.8, 4) is 5.75 Å². The number of aliphatic hydroxyl groups excluding tert-OH is 1. The van der Waals surface area contributed by atoms with Gasteiger partial charge < -0.3 is 15.3 Å². The quantitative estimate of drug-likeness (QED) is 0.589. The highest BCUT2D eigenvalue weighted by Gasteiger charge is 2.43. The zero-order valence-electron chi connectivity index (χ0n) is 14.2. The Balaban J connectivity index is 1.76. The van der Waals surface area contributed by atoms with E-state index in [9.17, 15) is 19.5 Å². The van der Waals surface area contributed by atoms with Crippen LogP contribution in [0.1, 0.15) is 16.8 Å². The number of carbonyl (C=O) groups excluding carboxylic acids is 2. The lowest BCUT2D eigenvalue weighted by Gasteiger charge is -2.36. The number of amides is 2. The van der Waals surface area contributed by atoms with Crippen LogP contribution in [0.25, 0.3) is 0 Å². The first-order valence-electron chi connectivity index (χ1n) is 8.42. The number of nitrogens with zero attached hydrogens (tertiary/aromatic N) is 3. The predicted molar refractivity (Wildman–Crippen MR) is 91.1 cm³/mol. The molecule has 0 saturated carbocycles. The number of aromatic carboxylic acids is 1. The van der Waals surface area contributed by atoms with Gasteiger partial charge in [-0.25, -0.2) is 9.69 Å². The molecule has 26 heavy (non-hydrogen) atoms. The van der Waals surface area contributed by atoms with Gasteiger partial charge in [0.05, 0.1) is 24.8 Å². The van der Waals surface area contributed by atoms with E-state index in [2.05, 4.69) is 4.90 Å². The standard InChI is InChI=1S/C17H21N3O6/c21-8-7-18-3-5-19(6-4-18)13-10-15(23)20(16(13)24)11-1-2-14(22)12(9-11)17(25)26/h1-2,9,13,21-22H,3-8,10H2,(H,25,26). The molecule has 0 aliphatic carbocycles. The number of rotatable bonds is 5. The summed E-state index contributed by atoms with van der Waals surface area (Å²) in [5.41, 5.74) is -0.208. The second-order valence-corrected chi connectivity index (χ2v) is 6.40. The third kappa shape index (κ3) is 3.41. The van der Waals surface area contributed by atoms with Crippen LogP contribution in [0, 0.1) is 0 Å². The molecule has 1 aromatic carbocycles. The smallest absolute Gasteiger partial charge is 0.339 e. The normalized spacial score (nSPS) is 22.2. The Bertz CT molecular complexity index is 729. The zero-order valence-corrected chi connectivity index (χ0v) is 14.2. The molecule has 2 amide bonds. The van der Waals surface area contributed by atoms with Gasteiger partial charge in [-0.15, -0.1) is 0 Å². The van der Waals surface area contributed by atoms with Crippen molar-refractivity contribution in [2.75, 3.05) is 44.2 Å². The lowest BCUT2D eigenvalue weighted by Crippen LogP contribution is -2.53. The van der Waals surface area contributed by atoms with Gasteiger partial charge in [0.25, 0.3) is 5.91 Å². The second kappa shape index (κ2) is 7.40. The Morgan fingerprint density at radius 1 is 1.15 bits per heavy atom. The van der Waals surface area contributed by atoms with Gasteiger partial charge in [-0.3, -0.25) is 19.4 Å². The minimum absolute atomic E-state index is 0.0438. The van der Waals surface area contributed by atoms with E-state index in [0.717, 1.165) is 11.0 Å². The van der Waals surface area contributed by atoms with Crippen LogP contribution >= 0.6 is 0 Å². The Hall–Kier alpha value is -2.49. The van der Waals surface area contributed by atoms with Crippen molar-refractivity contribution >= 4 is 23.5 Å². The van der Waals surface area contributed by atoms with E-state index in [1.54, 1.807) is 0 Å². The van der Waals surface area contributed by atoms with Crippen molar-refractivity contribution in [3.63, 3.8) is 0 Å². The summed E-state index contributed by atoms with van der Waals surface area (Å²) < 4.78 is 0.